The van der Waals surface area contributed by atoms with E-state index in [1.807, 2.05) is 48.7 Å². The molecule has 4 nitrogen and oxygen atoms in total. The smallest absolute Gasteiger partial charge is 0.193 e. The lowest BCUT2D eigenvalue weighted by atomic mass is 10.0. The fourth-order valence-electron chi connectivity index (χ4n) is 2.59. The lowest BCUT2D eigenvalue weighted by Gasteiger charge is -2.04. The molecule has 0 radical (unpaired) electrons. The normalized spacial score (nSPS) is 11.0. The number of aryl methyl sites for hydroxylation is 1. The summed E-state index contributed by atoms with van der Waals surface area (Å²) in [6, 6.07) is 13.9. The van der Waals surface area contributed by atoms with Gasteiger partial charge in [-0.15, -0.1) is 0 Å². The lowest BCUT2D eigenvalue weighted by molar-refractivity contribution is 0.460. The fraction of sp³-hybridized carbons (Fsp3) is 0.0556. The van der Waals surface area contributed by atoms with Crippen molar-refractivity contribution in [2.24, 2.45) is 0 Å². The number of benzene rings is 1. The van der Waals surface area contributed by atoms with Crippen molar-refractivity contribution in [2.45, 2.75) is 6.92 Å². The largest absolute Gasteiger partial charge is 0.353 e. The zero-order valence-corrected chi connectivity index (χ0v) is 12.0. The van der Waals surface area contributed by atoms with Gasteiger partial charge >= 0.3 is 0 Å². The van der Waals surface area contributed by atoms with Gasteiger partial charge in [0, 0.05) is 35.3 Å². The van der Waals surface area contributed by atoms with Crippen LogP contribution in [0.2, 0.25) is 0 Å². The van der Waals surface area contributed by atoms with E-state index in [-0.39, 0.29) is 0 Å². The molecule has 0 aliphatic rings. The molecule has 0 bridgehead atoms. The molecule has 0 N–H and O–H groups in total. The predicted molar refractivity (Wildman–Crippen MR) is 85.2 cm³/mol. The third kappa shape index (κ3) is 1.97. The second-order valence-corrected chi connectivity index (χ2v) is 5.12. The first-order chi connectivity index (χ1) is 10.8. The molecule has 3 aromatic heterocycles. The minimum atomic E-state index is 0.692. The van der Waals surface area contributed by atoms with E-state index < -0.39 is 0 Å². The fourth-order valence-corrected chi connectivity index (χ4v) is 2.59. The highest BCUT2D eigenvalue weighted by Gasteiger charge is 2.16. The Morgan fingerprint density at radius 1 is 0.909 bits per heavy atom. The molecule has 3 heterocycles. The lowest BCUT2D eigenvalue weighted by Crippen LogP contribution is -1.87. The van der Waals surface area contributed by atoms with Crippen molar-refractivity contribution >= 4 is 11.1 Å². The summed E-state index contributed by atoms with van der Waals surface area (Å²) in [6.07, 6.45) is 5.41. The van der Waals surface area contributed by atoms with Crippen LogP contribution in [0.5, 0.6) is 0 Å². The molecule has 0 unspecified atom stereocenters. The van der Waals surface area contributed by atoms with Crippen LogP contribution in [-0.4, -0.2) is 15.1 Å². The highest BCUT2D eigenvalue weighted by Crippen LogP contribution is 2.33. The molecular weight excluding hydrogens is 274 g/mol. The van der Waals surface area contributed by atoms with Crippen LogP contribution in [0.1, 0.15) is 5.56 Å². The van der Waals surface area contributed by atoms with Gasteiger partial charge in [0.2, 0.25) is 0 Å². The molecule has 0 amide bonds. The second kappa shape index (κ2) is 5.07. The predicted octanol–water partition coefficient (Wildman–Crippen LogP) is 4.26. The summed E-state index contributed by atoms with van der Waals surface area (Å²) in [4.78, 5) is 8.67. The van der Waals surface area contributed by atoms with Crippen molar-refractivity contribution in [1.29, 1.82) is 0 Å². The molecule has 0 saturated carbocycles. The standard InChI is InChI=1S/C18H13N3O/c1-12-7-9-19-11-15(12)14-8-10-20-17-16(21-22-18(14)17)13-5-3-2-4-6-13/h2-11H,1H3. The van der Waals surface area contributed by atoms with Gasteiger partial charge in [-0.2, -0.15) is 0 Å². The first kappa shape index (κ1) is 12.7. The Kier molecular flexibility index (Phi) is 2.93. The molecule has 4 heteroatoms. The van der Waals surface area contributed by atoms with Crippen LogP contribution < -0.4 is 0 Å². The van der Waals surface area contributed by atoms with Crippen molar-refractivity contribution in [3.05, 3.63) is 66.6 Å². The summed E-state index contributed by atoms with van der Waals surface area (Å²) >= 11 is 0. The Morgan fingerprint density at radius 2 is 1.77 bits per heavy atom. The molecule has 0 aliphatic carbocycles. The van der Waals surface area contributed by atoms with Crippen LogP contribution >= 0.6 is 0 Å². The SMILES string of the molecule is Cc1ccncc1-c1ccnc2c(-c3ccccc3)noc12. The topological polar surface area (TPSA) is 51.8 Å². The summed E-state index contributed by atoms with van der Waals surface area (Å²) in [6.45, 7) is 2.05. The number of hydrogen-bond acceptors (Lipinski definition) is 4. The van der Waals surface area contributed by atoms with Gasteiger partial charge in [0.15, 0.2) is 5.58 Å². The minimum absolute atomic E-state index is 0.692. The molecule has 22 heavy (non-hydrogen) atoms. The molecule has 0 aliphatic heterocycles. The van der Waals surface area contributed by atoms with E-state index in [4.69, 9.17) is 4.52 Å². The van der Waals surface area contributed by atoms with E-state index in [0.29, 0.717) is 5.58 Å². The van der Waals surface area contributed by atoms with E-state index in [2.05, 4.69) is 22.0 Å². The summed E-state index contributed by atoms with van der Waals surface area (Å²) in [7, 11) is 0. The van der Waals surface area contributed by atoms with E-state index in [0.717, 1.165) is 33.5 Å². The first-order valence-electron chi connectivity index (χ1n) is 7.05. The summed E-state index contributed by atoms with van der Waals surface area (Å²) in [5, 5.41) is 4.22. The van der Waals surface area contributed by atoms with Crippen molar-refractivity contribution < 1.29 is 4.52 Å². The Morgan fingerprint density at radius 3 is 2.59 bits per heavy atom. The van der Waals surface area contributed by atoms with E-state index >= 15 is 0 Å². The molecule has 1 aromatic carbocycles. The van der Waals surface area contributed by atoms with Crippen LogP contribution in [0.4, 0.5) is 0 Å². The highest BCUT2D eigenvalue weighted by atomic mass is 16.5. The zero-order chi connectivity index (χ0) is 14.9. The number of hydrogen-bond donors (Lipinski definition) is 0. The van der Waals surface area contributed by atoms with Gasteiger partial charge in [-0.05, 0) is 24.6 Å². The molecule has 4 aromatic rings. The van der Waals surface area contributed by atoms with E-state index in [1.54, 1.807) is 12.4 Å². The Balaban J connectivity index is 1.97. The highest BCUT2D eigenvalue weighted by molar-refractivity contribution is 5.97. The van der Waals surface area contributed by atoms with Crippen LogP contribution in [0.25, 0.3) is 33.5 Å². The molecule has 0 atom stereocenters. The summed E-state index contributed by atoms with van der Waals surface area (Å²) < 4.78 is 5.60. The Bertz CT molecular complexity index is 945. The monoisotopic (exact) mass is 287 g/mol. The van der Waals surface area contributed by atoms with Crippen molar-refractivity contribution in [2.75, 3.05) is 0 Å². The summed E-state index contributed by atoms with van der Waals surface area (Å²) in [5.41, 5.74) is 6.35. The quantitative estimate of drug-likeness (QED) is 0.552. The van der Waals surface area contributed by atoms with Gasteiger partial charge in [-0.1, -0.05) is 35.5 Å². The van der Waals surface area contributed by atoms with Crippen molar-refractivity contribution in [3.8, 4) is 22.4 Å². The molecule has 4 rings (SSSR count). The van der Waals surface area contributed by atoms with Crippen LogP contribution in [0.15, 0.2) is 65.6 Å². The van der Waals surface area contributed by atoms with Gasteiger partial charge in [0.1, 0.15) is 11.2 Å². The third-order valence-electron chi connectivity index (χ3n) is 3.73. The van der Waals surface area contributed by atoms with Crippen LogP contribution in [0, 0.1) is 6.92 Å². The summed E-state index contributed by atoms with van der Waals surface area (Å²) in [5.74, 6) is 0. The average molecular weight is 287 g/mol. The molecule has 106 valence electrons. The van der Waals surface area contributed by atoms with Crippen molar-refractivity contribution in [1.82, 2.24) is 15.1 Å². The first-order valence-corrected chi connectivity index (χ1v) is 7.05. The van der Waals surface area contributed by atoms with Gasteiger partial charge in [0.05, 0.1) is 0 Å². The van der Waals surface area contributed by atoms with Gasteiger partial charge in [0.25, 0.3) is 0 Å². The zero-order valence-electron chi connectivity index (χ0n) is 12.0. The van der Waals surface area contributed by atoms with E-state index in [1.165, 1.54) is 0 Å². The Hall–Kier alpha value is -3.01. The maximum absolute atomic E-state index is 5.60. The van der Waals surface area contributed by atoms with Gasteiger partial charge in [-0.25, -0.2) is 0 Å². The number of aromatic nitrogens is 3. The molecular formula is C18H13N3O. The molecule has 0 saturated heterocycles. The molecule has 0 fully saturated rings. The van der Waals surface area contributed by atoms with Crippen LogP contribution in [-0.2, 0) is 0 Å². The van der Waals surface area contributed by atoms with E-state index in [9.17, 15) is 0 Å². The maximum atomic E-state index is 5.60. The average Bonchev–Trinajstić information content (AvgIpc) is 3.00. The number of fused-ring (bicyclic) bond motifs is 1. The van der Waals surface area contributed by atoms with Gasteiger partial charge in [-0.3, -0.25) is 9.97 Å². The Labute approximate surface area is 127 Å². The number of rotatable bonds is 2. The van der Waals surface area contributed by atoms with Crippen LogP contribution in [0.3, 0.4) is 0 Å². The minimum Gasteiger partial charge on any atom is -0.353 e. The third-order valence-corrected chi connectivity index (χ3v) is 3.73. The van der Waals surface area contributed by atoms with Crippen molar-refractivity contribution in [3.63, 3.8) is 0 Å². The van der Waals surface area contributed by atoms with Gasteiger partial charge < -0.3 is 4.52 Å². The number of pyridine rings is 2. The number of nitrogens with zero attached hydrogens (tertiary/aromatic N) is 3. The second-order valence-electron chi connectivity index (χ2n) is 5.12. The molecule has 0 spiro atoms. The maximum Gasteiger partial charge on any atom is 0.193 e.